The number of carbonyl (C=O) groups excluding carboxylic acids is 2. The fourth-order valence-corrected chi connectivity index (χ4v) is 4.24. The molecule has 0 aliphatic carbocycles. The lowest BCUT2D eigenvalue weighted by atomic mass is 9.96. The highest BCUT2D eigenvalue weighted by Crippen LogP contribution is 2.27. The predicted molar refractivity (Wildman–Crippen MR) is 109 cm³/mol. The fourth-order valence-electron chi connectivity index (χ4n) is 3.55. The number of nitrogens with zero attached hydrogens (tertiary/aromatic N) is 2. The van der Waals surface area contributed by atoms with Crippen LogP contribution in [0.2, 0.25) is 0 Å². The van der Waals surface area contributed by atoms with Crippen molar-refractivity contribution in [3.05, 3.63) is 46.2 Å². The average Bonchev–Trinajstić information content (AvgIpc) is 3.27. The summed E-state index contributed by atoms with van der Waals surface area (Å²) in [5.41, 5.74) is 0.918. The van der Waals surface area contributed by atoms with Gasteiger partial charge in [-0.3, -0.25) is 9.59 Å². The number of carbonyl (C=O) groups is 2. The van der Waals surface area contributed by atoms with Crippen molar-refractivity contribution in [3.63, 3.8) is 0 Å². The molecule has 0 N–H and O–H groups in total. The van der Waals surface area contributed by atoms with Crippen molar-refractivity contribution >= 4 is 23.2 Å². The van der Waals surface area contributed by atoms with Gasteiger partial charge in [-0.15, -0.1) is 11.3 Å². The topological polar surface area (TPSA) is 59.1 Å². The van der Waals surface area contributed by atoms with E-state index in [9.17, 15) is 9.59 Å². The summed E-state index contributed by atoms with van der Waals surface area (Å²) >= 11 is 1.44. The van der Waals surface area contributed by atoms with Crippen molar-refractivity contribution in [3.8, 4) is 11.5 Å². The van der Waals surface area contributed by atoms with E-state index in [0.717, 1.165) is 23.3 Å². The Kier molecular flexibility index (Phi) is 6.57. The van der Waals surface area contributed by atoms with E-state index in [1.165, 1.54) is 11.3 Å². The minimum absolute atomic E-state index is 0.0203. The lowest BCUT2D eigenvalue weighted by Crippen LogP contribution is -2.45. The van der Waals surface area contributed by atoms with Gasteiger partial charge in [0.2, 0.25) is 5.91 Å². The molecule has 3 rings (SSSR count). The second-order valence-corrected chi connectivity index (χ2v) is 7.89. The van der Waals surface area contributed by atoms with Gasteiger partial charge in [0.25, 0.3) is 5.91 Å². The summed E-state index contributed by atoms with van der Waals surface area (Å²) in [6.45, 7) is 1.62. The highest BCUT2D eigenvalue weighted by atomic mass is 32.1. The lowest BCUT2D eigenvalue weighted by molar-refractivity contribution is -0.136. The Morgan fingerprint density at radius 3 is 2.75 bits per heavy atom. The molecule has 1 aromatic carbocycles. The molecule has 28 heavy (non-hydrogen) atoms. The van der Waals surface area contributed by atoms with Crippen molar-refractivity contribution in [1.82, 2.24) is 9.80 Å². The van der Waals surface area contributed by atoms with Gasteiger partial charge in [-0.05, 0) is 36.4 Å². The number of ether oxygens (including phenoxy) is 2. The molecular weight excluding hydrogens is 376 g/mol. The molecule has 1 aliphatic rings. The maximum absolute atomic E-state index is 13.0. The molecule has 2 amide bonds. The van der Waals surface area contributed by atoms with Gasteiger partial charge in [0.1, 0.15) is 11.5 Å². The maximum Gasteiger partial charge on any atom is 0.263 e. The molecule has 1 atom stereocenters. The Morgan fingerprint density at radius 1 is 1.25 bits per heavy atom. The fraction of sp³-hybridized carbons (Fsp3) is 0.429. The van der Waals surface area contributed by atoms with Gasteiger partial charge in [0, 0.05) is 38.3 Å². The first kappa shape index (κ1) is 20.2. The lowest BCUT2D eigenvalue weighted by Gasteiger charge is -2.34. The van der Waals surface area contributed by atoms with E-state index in [-0.39, 0.29) is 17.7 Å². The number of likely N-dealkylation sites (tertiary alicyclic amines) is 1. The number of benzene rings is 1. The summed E-state index contributed by atoms with van der Waals surface area (Å²) in [5, 5.41) is 1.90. The first-order valence-corrected chi connectivity index (χ1v) is 10.2. The normalized spacial score (nSPS) is 16.5. The van der Waals surface area contributed by atoms with Gasteiger partial charge in [-0.1, -0.05) is 6.07 Å². The van der Waals surface area contributed by atoms with Gasteiger partial charge in [0.05, 0.1) is 25.0 Å². The van der Waals surface area contributed by atoms with Crippen LogP contribution in [0.5, 0.6) is 11.5 Å². The van der Waals surface area contributed by atoms with Gasteiger partial charge < -0.3 is 19.3 Å². The van der Waals surface area contributed by atoms with E-state index < -0.39 is 0 Å². The number of hydrogen-bond acceptors (Lipinski definition) is 5. The van der Waals surface area contributed by atoms with Crippen LogP contribution in [0.15, 0.2) is 35.7 Å². The molecule has 1 fully saturated rings. The van der Waals surface area contributed by atoms with Gasteiger partial charge in [-0.2, -0.15) is 0 Å². The monoisotopic (exact) mass is 402 g/mol. The van der Waals surface area contributed by atoms with Crippen molar-refractivity contribution < 1.29 is 19.1 Å². The molecule has 150 valence electrons. The molecule has 1 aliphatic heterocycles. The summed E-state index contributed by atoms with van der Waals surface area (Å²) in [5.74, 6) is 1.31. The van der Waals surface area contributed by atoms with E-state index >= 15 is 0 Å². The number of methoxy groups -OCH3 is 2. The number of amides is 2. The zero-order chi connectivity index (χ0) is 20.1. The van der Waals surface area contributed by atoms with E-state index in [1.807, 2.05) is 35.7 Å². The summed E-state index contributed by atoms with van der Waals surface area (Å²) in [4.78, 5) is 29.9. The number of piperidine rings is 1. The minimum Gasteiger partial charge on any atom is -0.497 e. The van der Waals surface area contributed by atoms with Crippen LogP contribution in [-0.2, 0) is 11.3 Å². The third kappa shape index (κ3) is 4.47. The molecule has 0 saturated carbocycles. The molecule has 1 saturated heterocycles. The number of hydrogen-bond donors (Lipinski definition) is 0. The standard InChI is InChI=1S/C21H26N2O4S/c1-22(13-15-8-9-17(26-2)12-18(15)27-3)20(24)16-6-4-10-23(14-16)21(25)19-7-5-11-28-19/h5,7-9,11-12,16H,4,6,10,13-14H2,1-3H3. The van der Waals surface area contributed by atoms with Crippen LogP contribution in [-0.4, -0.2) is 56.0 Å². The van der Waals surface area contributed by atoms with E-state index in [4.69, 9.17) is 9.47 Å². The Labute approximate surface area is 169 Å². The second-order valence-electron chi connectivity index (χ2n) is 6.94. The summed E-state index contributed by atoms with van der Waals surface area (Å²) in [6, 6.07) is 9.30. The molecule has 2 heterocycles. The van der Waals surface area contributed by atoms with Gasteiger partial charge in [0.15, 0.2) is 0 Å². The van der Waals surface area contributed by atoms with Crippen LogP contribution in [0.3, 0.4) is 0 Å². The Morgan fingerprint density at radius 2 is 2.07 bits per heavy atom. The number of thiophene rings is 1. The Hall–Kier alpha value is -2.54. The van der Waals surface area contributed by atoms with Crippen LogP contribution in [0.4, 0.5) is 0 Å². The second kappa shape index (κ2) is 9.10. The summed E-state index contributed by atoms with van der Waals surface area (Å²) in [6.07, 6.45) is 1.64. The van der Waals surface area contributed by atoms with Crippen molar-refractivity contribution in [2.24, 2.45) is 5.92 Å². The molecular formula is C21H26N2O4S. The highest BCUT2D eigenvalue weighted by Gasteiger charge is 2.31. The molecule has 0 spiro atoms. The van der Waals surface area contributed by atoms with Crippen LogP contribution in [0.25, 0.3) is 0 Å². The van der Waals surface area contributed by atoms with Gasteiger partial charge in [-0.25, -0.2) is 0 Å². The molecule has 0 bridgehead atoms. The molecule has 1 aromatic heterocycles. The quantitative estimate of drug-likeness (QED) is 0.744. The first-order valence-electron chi connectivity index (χ1n) is 9.32. The molecule has 7 heteroatoms. The van der Waals surface area contributed by atoms with Crippen LogP contribution < -0.4 is 9.47 Å². The molecule has 6 nitrogen and oxygen atoms in total. The van der Waals surface area contributed by atoms with Crippen molar-refractivity contribution in [2.75, 3.05) is 34.4 Å². The largest absolute Gasteiger partial charge is 0.497 e. The smallest absolute Gasteiger partial charge is 0.263 e. The maximum atomic E-state index is 13.0. The third-order valence-electron chi connectivity index (χ3n) is 5.07. The SMILES string of the molecule is COc1ccc(CN(C)C(=O)C2CCCN(C(=O)c3cccs3)C2)c(OC)c1. The van der Waals surface area contributed by atoms with Crippen LogP contribution in [0.1, 0.15) is 28.1 Å². The van der Waals surface area contributed by atoms with Gasteiger partial charge >= 0.3 is 0 Å². The van der Waals surface area contributed by atoms with Crippen LogP contribution >= 0.6 is 11.3 Å². The van der Waals surface area contributed by atoms with E-state index in [1.54, 1.807) is 31.1 Å². The average molecular weight is 403 g/mol. The Balaban J connectivity index is 1.65. The van der Waals surface area contributed by atoms with E-state index in [2.05, 4.69) is 0 Å². The third-order valence-corrected chi connectivity index (χ3v) is 5.93. The highest BCUT2D eigenvalue weighted by molar-refractivity contribution is 7.12. The van der Waals surface area contributed by atoms with Crippen molar-refractivity contribution in [2.45, 2.75) is 19.4 Å². The molecule has 2 aromatic rings. The zero-order valence-corrected chi connectivity index (χ0v) is 17.3. The zero-order valence-electron chi connectivity index (χ0n) is 16.5. The first-order chi connectivity index (χ1) is 13.5. The Bertz CT molecular complexity index is 822. The molecule has 0 radical (unpaired) electrons. The predicted octanol–water partition coefficient (Wildman–Crippen LogP) is 3.28. The number of rotatable bonds is 6. The minimum atomic E-state index is -0.174. The summed E-state index contributed by atoms with van der Waals surface area (Å²) < 4.78 is 10.7. The summed E-state index contributed by atoms with van der Waals surface area (Å²) in [7, 11) is 5.01. The van der Waals surface area contributed by atoms with Crippen molar-refractivity contribution in [1.29, 1.82) is 0 Å². The van der Waals surface area contributed by atoms with Crippen LogP contribution in [0, 0.1) is 5.92 Å². The van der Waals surface area contributed by atoms with E-state index in [0.29, 0.717) is 31.1 Å². The molecule has 1 unspecified atom stereocenters.